The van der Waals surface area contributed by atoms with Crippen molar-refractivity contribution in [2.24, 2.45) is 0 Å². The van der Waals surface area contributed by atoms with Gasteiger partial charge in [0.1, 0.15) is 5.82 Å². The lowest BCUT2D eigenvalue weighted by Gasteiger charge is -2.21. The maximum atomic E-state index is 12.5. The van der Waals surface area contributed by atoms with E-state index in [0.717, 1.165) is 11.4 Å². The van der Waals surface area contributed by atoms with Gasteiger partial charge in [-0.05, 0) is 38.1 Å². The first kappa shape index (κ1) is 13.1. The number of pyridine rings is 1. The molecule has 0 saturated heterocycles. The molecule has 0 radical (unpaired) electrons. The summed E-state index contributed by atoms with van der Waals surface area (Å²) in [6.07, 6.45) is 0. The smallest absolute Gasteiger partial charge is 0.258 e. The topological polar surface area (TPSA) is 59.2 Å². The molecule has 0 bridgehead atoms. The van der Waals surface area contributed by atoms with Crippen LogP contribution in [0.25, 0.3) is 0 Å². The van der Waals surface area contributed by atoms with Crippen molar-refractivity contribution in [3.63, 3.8) is 0 Å². The van der Waals surface area contributed by atoms with Crippen LogP contribution in [-0.2, 0) is 0 Å². The number of amides is 1. The van der Waals surface area contributed by atoms with Crippen LogP contribution in [0.4, 0.5) is 11.5 Å². The van der Waals surface area contributed by atoms with E-state index in [1.54, 1.807) is 17.0 Å². The van der Waals surface area contributed by atoms with Gasteiger partial charge in [0.15, 0.2) is 0 Å². The molecule has 0 aliphatic rings. The Morgan fingerprint density at radius 2 is 1.95 bits per heavy atom. The van der Waals surface area contributed by atoms with E-state index in [1.807, 2.05) is 44.2 Å². The zero-order valence-electron chi connectivity index (χ0n) is 11.1. The van der Waals surface area contributed by atoms with Gasteiger partial charge in [-0.25, -0.2) is 4.98 Å². The van der Waals surface area contributed by atoms with Gasteiger partial charge in [-0.2, -0.15) is 0 Å². The molecule has 0 atom stereocenters. The highest BCUT2D eigenvalue weighted by molar-refractivity contribution is 6.06. The lowest BCUT2D eigenvalue weighted by molar-refractivity contribution is 0.0988. The van der Waals surface area contributed by atoms with Crippen LogP contribution in [0.2, 0.25) is 0 Å². The molecule has 0 fully saturated rings. The van der Waals surface area contributed by atoms with Crippen molar-refractivity contribution in [2.75, 3.05) is 17.2 Å². The number of anilines is 2. The predicted octanol–water partition coefficient (Wildman–Crippen LogP) is 2.64. The van der Waals surface area contributed by atoms with Crippen molar-refractivity contribution in [3.05, 3.63) is 53.7 Å². The van der Waals surface area contributed by atoms with Crippen LogP contribution in [0.5, 0.6) is 0 Å². The normalized spacial score (nSPS) is 10.2. The monoisotopic (exact) mass is 255 g/mol. The number of benzene rings is 1. The number of aromatic nitrogens is 1. The first-order valence-corrected chi connectivity index (χ1v) is 6.23. The average Bonchev–Trinajstić information content (AvgIpc) is 2.39. The van der Waals surface area contributed by atoms with E-state index in [2.05, 4.69) is 4.98 Å². The third-order valence-electron chi connectivity index (χ3n) is 2.85. The fourth-order valence-corrected chi connectivity index (χ4v) is 2.02. The minimum atomic E-state index is -0.0640. The fraction of sp³-hybridized carbons (Fsp3) is 0.200. The van der Waals surface area contributed by atoms with Crippen LogP contribution in [0.3, 0.4) is 0 Å². The molecule has 19 heavy (non-hydrogen) atoms. The van der Waals surface area contributed by atoms with Crippen LogP contribution in [0.1, 0.15) is 23.0 Å². The first-order chi connectivity index (χ1) is 9.11. The zero-order chi connectivity index (χ0) is 13.8. The van der Waals surface area contributed by atoms with Gasteiger partial charge >= 0.3 is 0 Å². The van der Waals surface area contributed by atoms with Gasteiger partial charge in [0.05, 0.1) is 0 Å². The Kier molecular flexibility index (Phi) is 3.80. The second kappa shape index (κ2) is 5.52. The fourth-order valence-electron chi connectivity index (χ4n) is 2.02. The highest BCUT2D eigenvalue weighted by Gasteiger charge is 2.16. The first-order valence-electron chi connectivity index (χ1n) is 6.23. The van der Waals surface area contributed by atoms with Crippen LogP contribution in [0.15, 0.2) is 42.5 Å². The van der Waals surface area contributed by atoms with Gasteiger partial charge in [0.2, 0.25) is 0 Å². The second-order valence-corrected chi connectivity index (χ2v) is 4.31. The molecule has 0 unspecified atom stereocenters. The maximum absolute atomic E-state index is 12.5. The summed E-state index contributed by atoms with van der Waals surface area (Å²) < 4.78 is 0. The molecule has 1 aromatic heterocycles. The van der Waals surface area contributed by atoms with Crippen LogP contribution >= 0.6 is 0 Å². The van der Waals surface area contributed by atoms with Gasteiger partial charge in [-0.15, -0.1) is 0 Å². The van der Waals surface area contributed by atoms with Gasteiger partial charge in [0.25, 0.3) is 5.91 Å². The molecular formula is C15H17N3O. The van der Waals surface area contributed by atoms with Crippen molar-refractivity contribution in [1.29, 1.82) is 0 Å². The molecule has 0 spiro atoms. The summed E-state index contributed by atoms with van der Waals surface area (Å²) in [7, 11) is 0. The van der Waals surface area contributed by atoms with E-state index in [4.69, 9.17) is 5.73 Å². The van der Waals surface area contributed by atoms with Crippen molar-refractivity contribution in [3.8, 4) is 0 Å². The van der Waals surface area contributed by atoms with Gasteiger partial charge in [-0.1, -0.05) is 18.2 Å². The van der Waals surface area contributed by atoms with Crippen molar-refractivity contribution >= 4 is 17.4 Å². The molecule has 1 amide bonds. The van der Waals surface area contributed by atoms with Gasteiger partial charge in [-0.3, -0.25) is 4.79 Å². The number of carbonyl (C=O) groups is 1. The highest BCUT2D eigenvalue weighted by atomic mass is 16.2. The van der Waals surface area contributed by atoms with E-state index >= 15 is 0 Å². The minimum Gasteiger partial charge on any atom is -0.384 e. The van der Waals surface area contributed by atoms with E-state index in [1.165, 1.54) is 0 Å². The zero-order valence-corrected chi connectivity index (χ0v) is 11.1. The van der Waals surface area contributed by atoms with E-state index in [-0.39, 0.29) is 5.91 Å². The minimum absolute atomic E-state index is 0.0640. The molecule has 1 aromatic carbocycles. The average molecular weight is 255 g/mol. The van der Waals surface area contributed by atoms with Crippen molar-refractivity contribution in [2.45, 2.75) is 13.8 Å². The Bertz CT molecular complexity index is 561. The lowest BCUT2D eigenvalue weighted by Crippen LogP contribution is -2.30. The Labute approximate surface area is 112 Å². The molecule has 4 nitrogen and oxygen atoms in total. The summed E-state index contributed by atoms with van der Waals surface area (Å²) in [5.74, 6) is 0.304. The molecule has 2 N–H and O–H groups in total. The maximum Gasteiger partial charge on any atom is 0.258 e. The number of carbonyl (C=O) groups excluding carboxylic acids is 1. The summed E-state index contributed by atoms with van der Waals surface area (Å²) in [6.45, 7) is 4.37. The molecule has 0 saturated carbocycles. The van der Waals surface area contributed by atoms with Crippen LogP contribution < -0.4 is 10.6 Å². The van der Waals surface area contributed by atoms with Crippen molar-refractivity contribution in [1.82, 2.24) is 4.98 Å². The molecule has 1 heterocycles. The SMILES string of the molecule is CCN(C(=O)c1cc(C)nc(N)c1)c1ccccc1. The Morgan fingerprint density at radius 3 is 2.53 bits per heavy atom. The summed E-state index contributed by atoms with van der Waals surface area (Å²) in [5.41, 5.74) is 7.88. The van der Waals surface area contributed by atoms with Crippen molar-refractivity contribution < 1.29 is 4.79 Å². The number of aryl methyl sites for hydroxylation is 1. The van der Waals surface area contributed by atoms with E-state index in [0.29, 0.717) is 17.9 Å². The predicted molar refractivity (Wildman–Crippen MR) is 77.2 cm³/mol. The molecule has 0 aliphatic carbocycles. The Hall–Kier alpha value is -2.36. The quantitative estimate of drug-likeness (QED) is 0.917. The van der Waals surface area contributed by atoms with E-state index < -0.39 is 0 Å². The van der Waals surface area contributed by atoms with Gasteiger partial charge in [0, 0.05) is 23.5 Å². The summed E-state index contributed by atoms with van der Waals surface area (Å²) >= 11 is 0. The summed E-state index contributed by atoms with van der Waals surface area (Å²) in [5, 5.41) is 0. The largest absolute Gasteiger partial charge is 0.384 e. The van der Waals surface area contributed by atoms with E-state index in [9.17, 15) is 4.79 Å². The molecule has 98 valence electrons. The highest BCUT2D eigenvalue weighted by Crippen LogP contribution is 2.17. The lowest BCUT2D eigenvalue weighted by atomic mass is 10.1. The molecule has 4 heteroatoms. The third-order valence-corrected chi connectivity index (χ3v) is 2.85. The number of nitrogens with two attached hydrogens (primary N) is 1. The Morgan fingerprint density at radius 1 is 1.26 bits per heavy atom. The molecule has 2 rings (SSSR count). The molecule has 2 aromatic rings. The number of para-hydroxylation sites is 1. The standard InChI is InChI=1S/C15H17N3O/c1-3-18(13-7-5-4-6-8-13)15(19)12-9-11(2)17-14(16)10-12/h4-10H,3H2,1-2H3,(H2,16,17). The van der Waals surface area contributed by atoms with Gasteiger partial charge < -0.3 is 10.6 Å². The molecule has 0 aliphatic heterocycles. The number of nitrogens with zero attached hydrogens (tertiary/aromatic N) is 2. The Balaban J connectivity index is 2.36. The number of nitrogen functional groups attached to an aromatic ring is 1. The third kappa shape index (κ3) is 2.91. The molecular weight excluding hydrogens is 238 g/mol. The van der Waals surface area contributed by atoms with Crippen LogP contribution in [0, 0.1) is 6.92 Å². The number of rotatable bonds is 3. The summed E-state index contributed by atoms with van der Waals surface area (Å²) in [4.78, 5) is 18.3. The van der Waals surface area contributed by atoms with Crippen LogP contribution in [-0.4, -0.2) is 17.4 Å². The summed E-state index contributed by atoms with van der Waals surface area (Å²) in [6, 6.07) is 13.0. The second-order valence-electron chi connectivity index (χ2n) is 4.31. The number of hydrogen-bond donors (Lipinski definition) is 1. The number of hydrogen-bond acceptors (Lipinski definition) is 3.